The third-order valence-corrected chi connectivity index (χ3v) is 9.78. The van der Waals surface area contributed by atoms with E-state index in [0.29, 0.717) is 5.92 Å². The van der Waals surface area contributed by atoms with Gasteiger partial charge in [-0.05, 0) is 55.5 Å². The minimum absolute atomic E-state index is 0. The molecule has 2 aliphatic rings. The van der Waals surface area contributed by atoms with Crippen LogP contribution in [0, 0.1) is 19.3 Å². The molecule has 2 aliphatic carbocycles. The maximum absolute atomic E-state index is 4.67. The molecule has 4 aromatic rings. The summed E-state index contributed by atoms with van der Waals surface area (Å²) in [5, 5.41) is 4.19. The number of hydrogen-bond acceptors (Lipinski definition) is 1. The van der Waals surface area contributed by atoms with Gasteiger partial charge < -0.3 is 18.8 Å². The Morgan fingerprint density at radius 1 is 0.643 bits per heavy atom. The fraction of sp³-hybridized carbons (Fsp3) is 0.297. The molecule has 1 atom stereocenters. The van der Waals surface area contributed by atoms with Crippen molar-refractivity contribution in [2.75, 3.05) is 0 Å². The molecule has 0 N–H and O–H groups in total. The van der Waals surface area contributed by atoms with Gasteiger partial charge in [0.2, 0.25) is 0 Å². The van der Waals surface area contributed by atoms with Crippen molar-refractivity contribution >= 4 is 35.2 Å². The maximum Gasteiger partial charge on any atom is 2.00 e. The number of benzene rings is 4. The second kappa shape index (κ2) is 22.0. The van der Waals surface area contributed by atoms with Crippen LogP contribution < -0.4 is 28.3 Å². The summed E-state index contributed by atoms with van der Waals surface area (Å²) in [5.41, 5.74) is 3.63. The second-order valence-electron chi connectivity index (χ2n) is 10.5. The Kier molecular flexibility index (Phi) is 20.2. The van der Waals surface area contributed by atoms with Crippen LogP contribution >= 0.6 is 7.92 Å². The molecule has 6 rings (SSSR count). The van der Waals surface area contributed by atoms with Crippen LogP contribution in [0.2, 0.25) is 0 Å². The van der Waals surface area contributed by atoms with Crippen molar-refractivity contribution in [1.29, 1.82) is 0 Å². The summed E-state index contributed by atoms with van der Waals surface area (Å²) < 4.78 is 0. The van der Waals surface area contributed by atoms with Gasteiger partial charge in [0.05, 0.1) is 5.69 Å². The Bertz CT molecular complexity index is 1140. The molecule has 0 heterocycles. The van der Waals surface area contributed by atoms with Crippen LogP contribution in [0.5, 0.6) is 0 Å². The van der Waals surface area contributed by atoms with E-state index in [1.807, 2.05) is 0 Å². The molecule has 1 unspecified atom stereocenters. The van der Waals surface area contributed by atoms with Crippen molar-refractivity contribution in [2.24, 2.45) is 10.9 Å². The van der Waals surface area contributed by atoms with E-state index >= 15 is 0 Å². The van der Waals surface area contributed by atoms with Gasteiger partial charge in [0.15, 0.2) is 0 Å². The first-order chi connectivity index (χ1) is 19.2. The summed E-state index contributed by atoms with van der Waals surface area (Å²) in [6, 6.07) is 40.7. The van der Waals surface area contributed by atoms with Gasteiger partial charge in [-0.2, -0.15) is 6.42 Å². The molecule has 0 radical (unpaired) electrons. The minimum Gasteiger partial charge on any atom is -1.00 e. The van der Waals surface area contributed by atoms with Crippen LogP contribution in [-0.2, 0) is 37.5 Å². The first kappa shape index (κ1) is 38.5. The van der Waals surface area contributed by atoms with Crippen molar-refractivity contribution in [1.82, 2.24) is 0 Å². The summed E-state index contributed by atoms with van der Waals surface area (Å²) in [7, 11) is -0.446. The van der Waals surface area contributed by atoms with Crippen LogP contribution in [0.1, 0.15) is 63.9 Å². The molecule has 0 bridgehead atoms. The van der Waals surface area contributed by atoms with Crippen LogP contribution in [0.3, 0.4) is 0 Å². The van der Waals surface area contributed by atoms with E-state index in [1.165, 1.54) is 78.6 Å². The van der Waals surface area contributed by atoms with Gasteiger partial charge >= 0.3 is 20.4 Å². The largest absolute Gasteiger partial charge is 2.00 e. The summed E-state index contributed by atoms with van der Waals surface area (Å²) >= 11 is 0. The predicted octanol–water partition coefficient (Wildman–Crippen LogP) is 6.49. The van der Waals surface area contributed by atoms with Crippen molar-refractivity contribution in [3.63, 3.8) is 0 Å². The van der Waals surface area contributed by atoms with Crippen molar-refractivity contribution in [3.05, 3.63) is 127 Å². The third-order valence-electron chi connectivity index (χ3n) is 7.34. The van der Waals surface area contributed by atoms with E-state index in [9.17, 15) is 0 Å². The Morgan fingerprint density at radius 3 is 1.40 bits per heavy atom. The second-order valence-corrected chi connectivity index (χ2v) is 12.7. The van der Waals surface area contributed by atoms with Crippen molar-refractivity contribution < 1.29 is 49.9 Å². The molecule has 226 valence electrons. The monoisotopic (exact) mass is 729 g/mol. The zero-order chi connectivity index (χ0) is 27.1. The van der Waals surface area contributed by atoms with Crippen LogP contribution in [-0.4, -0.2) is 5.71 Å². The van der Waals surface area contributed by atoms with Gasteiger partial charge in [-0.3, -0.25) is 4.99 Å². The third kappa shape index (κ3) is 13.0. The summed E-state index contributed by atoms with van der Waals surface area (Å²) in [4.78, 5) is 4.67. The molecule has 0 aliphatic heterocycles. The summed E-state index contributed by atoms with van der Waals surface area (Å²) in [6.07, 6.45) is 13.8. The molecular formula is C37H43ClFeNPPd. The smallest absolute Gasteiger partial charge is 1.00 e. The quantitative estimate of drug-likeness (QED) is 0.0966. The van der Waals surface area contributed by atoms with Gasteiger partial charge in [-0.25, -0.2) is 0 Å². The fourth-order valence-corrected chi connectivity index (χ4v) is 7.43. The minimum atomic E-state index is -0.446. The van der Waals surface area contributed by atoms with E-state index in [1.54, 1.807) is 0 Å². The number of halogens is 1. The topological polar surface area (TPSA) is 12.4 Å². The van der Waals surface area contributed by atoms with Crippen LogP contribution in [0.25, 0.3) is 0 Å². The van der Waals surface area contributed by atoms with E-state index in [-0.39, 0.29) is 49.9 Å². The zero-order valence-corrected chi connectivity index (χ0v) is 29.0. The van der Waals surface area contributed by atoms with Crippen LogP contribution in [0.15, 0.2) is 120 Å². The van der Waals surface area contributed by atoms with Gasteiger partial charge in [0, 0.05) is 17.1 Å². The van der Waals surface area contributed by atoms with Crippen molar-refractivity contribution in [2.45, 2.75) is 65.2 Å². The number of aryl methyl sites for hydroxylation is 1. The predicted molar refractivity (Wildman–Crippen MR) is 174 cm³/mol. The summed E-state index contributed by atoms with van der Waals surface area (Å²) in [5.74, 6) is 0.617. The molecule has 5 heteroatoms. The Labute approximate surface area is 286 Å². The molecule has 0 spiro atoms. The van der Waals surface area contributed by atoms with E-state index < -0.39 is 7.92 Å². The zero-order valence-electron chi connectivity index (χ0n) is 24.7. The van der Waals surface area contributed by atoms with E-state index in [2.05, 4.69) is 141 Å². The Morgan fingerprint density at radius 2 is 1.05 bits per heavy atom. The Hall–Kier alpha value is -1.55. The SMILES string of the molecule is C1CCCC1.CC(=Nc1ccc(C)cc1)C1[CH-]CCC1.[Cl-].[Fe].[Pd+2].c1ccc(P(c2ccccc2)c2ccccc2)cc1. The Balaban J connectivity index is 0.000000345. The van der Waals surface area contributed by atoms with Gasteiger partial charge in [-0.1, -0.05) is 154 Å². The molecule has 0 amide bonds. The number of nitrogens with zero attached hydrogens (tertiary/aromatic N) is 1. The van der Waals surface area contributed by atoms with Crippen LogP contribution in [0.4, 0.5) is 5.69 Å². The first-order valence-corrected chi connectivity index (χ1v) is 16.0. The average Bonchev–Trinajstić information content (AvgIpc) is 3.75. The molecule has 2 saturated carbocycles. The van der Waals surface area contributed by atoms with Gasteiger partial charge in [-0.15, -0.1) is 5.92 Å². The molecule has 1 nitrogen and oxygen atoms in total. The van der Waals surface area contributed by atoms with Crippen molar-refractivity contribution in [3.8, 4) is 0 Å². The summed E-state index contributed by atoms with van der Waals surface area (Å²) in [6.45, 7) is 4.25. The fourth-order valence-electron chi connectivity index (χ4n) is 5.12. The number of hydrogen-bond donors (Lipinski definition) is 0. The molecule has 42 heavy (non-hydrogen) atoms. The first-order valence-electron chi connectivity index (χ1n) is 14.6. The number of rotatable bonds is 5. The molecular weight excluding hydrogens is 687 g/mol. The molecule has 0 aromatic heterocycles. The maximum atomic E-state index is 4.67. The molecule has 4 aromatic carbocycles. The number of aliphatic imine (C=N–C) groups is 1. The normalized spacial score (nSPS) is 15.5. The standard InChI is InChI=1S/C18H15P.C14H18N.C5H10.ClH.Fe.Pd/c1-4-10-16(11-5-1)19(17-12-6-2-7-13-17)18-14-8-3-9-15-18;1-11-7-9-14(10-8-11)15-12(2)13-5-3-4-6-13;1-2-4-5-3-1;;;/h1-15H;5,7-10,13H,3-4,6H2,1-2H3;1-5H2;1H;;/q;-1;;;;+2/p-1. The average molecular weight is 730 g/mol. The van der Waals surface area contributed by atoms with E-state index in [4.69, 9.17) is 0 Å². The van der Waals surface area contributed by atoms with Gasteiger partial charge in [0.25, 0.3) is 0 Å². The molecule has 2 fully saturated rings. The van der Waals surface area contributed by atoms with E-state index in [0.717, 1.165) is 5.69 Å². The molecule has 0 saturated heterocycles. The van der Waals surface area contributed by atoms with Gasteiger partial charge in [0.1, 0.15) is 0 Å².